The Morgan fingerprint density at radius 3 is 2.57 bits per heavy atom. The molecule has 3 amide bonds. The normalized spacial score (nSPS) is 24.9. The first kappa shape index (κ1) is 28.6. The van der Waals surface area contributed by atoms with Gasteiger partial charge in [0.1, 0.15) is 10.2 Å². The van der Waals surface area contributed by atoms with Gasteiger partial charge in [-0.3, -0.25) is 29.4 Å². The lowest BCUT2D eigenvalue weighted by Crippen LogP contribution is -2.41. The third-order valence-electron chi connectivity index (χ3n) is 4.92. The van der Waals surface area contributed by atoms with E-state index in [0.29, 0.717) is 30.9 Å². The van der Waals surface area contributed by atoms with E-state index in [0.717, 1.165) is 9.22 Å². The standard InChI is InChI=1S/C21H29N3O6S5/c1-21(2,3)30-20(29)35-12-31-32-18-17(28)13(23-19(35)34-33-18)6-4-5-10-22-14(25)9-11-24-15(26)7-8-16(24)27/h7-8,13,18,23H,4-6,9-12H2,1-3H3,(H,22,25). The maximum absolute atomic E-state index is 13.1. The lowest BCUT2D eigenvalue weighted by Gasteiger charge is -2.23. The first-order valence-electron chi connectivity index (χ1n) is 11.1. The van der Waals surface area contributed by atoms with Crippen LogP contribution in [0.25, 0.3) is 0 Å². The summed E-state index contributed by atoms with van der Waals surface area (Å²) < 4.78 is 6.21. The number of amides is 3. The largest absolute Gasteiger partial charge is 0.452 e. The van der Waals surface area contributed by atoms with E-state index in [1.165, 1.54) is 55.3 Å². The SMILES string of the molecule is CC(C)(C)OC(=O)S1=C2NC(CCCCNC(=O)CCN3C(=O)C=CC3=O)C(=O)C(SSC1)SS2. The molecule has 0 aromatic carbocycles. The average molecular weight is 580 g/mol. The van der Waals surface area contributed by atoms with Gasteiger partial charge in [0.15, 0.2) is 5.78 Å². The molecule has 0 saturated carbocycles. The molecule has 3 heterocycles. The van der Waals surface area contributed by atoms with Crippen molar-refractivity contribution < 1.29 is 28.7 Å². The maximum atomic E-state index is 13.1. The Labute approximate surface area is 223 Å². The number of fused-ring (bicyclic) bond motifs is 3. The van der Waals surface area contributed by atoms with E-state index in [4.69, 9.17) is 4.74 Å². The Kier molecular flexibility index (Phi) is 10.7. The zero-order valence-electron chi connectivity index (χ0n) is 19.7. The van der Waals surface area contributed by atoms with Crippen molar-refractivity contribution in [1.82, 2.24) is 15.5 Å². The quantitative estimate of drug-likeness (QED) is 0.144. The van der Waals surface area contributed by atoms with E-state index in [9.17, 15) is 24.0 Å². The first-order chi connectivity index (χ1) is 16.5. The highest BCUT2D eigenvalue weighted by molar-refractivity contribution is 8.92. The Hall–Kier alpha value is -0.930. The van der Waals surface area contributed by atoms with Crippen LogP contribution in [0.4, 0.5) is 4.79 Å². The minimum atomic E-state index is -0.772. The molecule has 3 aliphatic heterocycles. The van der Waals surface area contributed by atoms with Gasteiger partial charge in [-0.05, 0) is 61.3 Å². The van der Waals surface area contributed by atoms with Crippen molar-refractivity contribution in [2.75, 3.05) is 18.2 Å². The maximum Gasteiger partial charge on any atom is 0.364 e. The van der Waals surface area contributed by atoms with Crippen molar-refractivity contribution in [3.63, 3.8) is 0 Å². The van der Waals surface area contributed by atoms with Crippen molar-refractivity contribution >= 4 is 86.8 Å². The minimum absolute atomic E-state index is 0.0537. The van der Waals surface area contributed by atoms with E-state index in [2.05, 4.69) is 10.6 Å². The van der Waals surface area contributed by atoms with Gasteiger partial charge < -0.3 is 10.1 Å². The number of unbranched alkanes of at least 4 members (excludes halogenated alkanes) is 1. The summed E-state index contributed by atoms with van der Waals surface area (Å²) in [6.07, 6.45) is 4.43. The fraction of sp³-hybridized carbons (Fsp3) is 0.619. The van der Waals surface area contributed by atoms with Crippen LogP contribution in [0.1, 0.15) is 46.5 Å². The molecule has 2 N–H and O–H groups in total. The second kappa shape index (κ2) is 13.0. The molecule has 2 bridgehead atoms. The Morgan fingerprint density at radius 1 is 1.17 bits per heavy atom. The van der Waals surface area contributed by atoms with E-state index < -0.39 is 33.9 Å². The number of carbonyl (C=O) groups excluding carboxylic acids is 5. The van der Waals surface area contributed by atoms with Crippen LogP contribution >= 0.6 is 53.7 Å². The van der Waals surface area contributed by atoms with Gasteiger partial charge in [-0.2, -0.15) is 0 Å². The first-order valence-corrected chi connectivity index (χ1v) is 17.1. The van der Waals surface area contributed by atoms with Gasteiger partial charge in [-0.1, -0.05) is 32.4 Å². The van der Waals surface area contributed by atoms with Crippen LogP contribution in [0.5, 0.6) is 0 Å². The summed E-state index contributed by atoms with van der Waals surface area (Å²) in [5, 5.41) is 6.45. The van der Waals surface area contributed by atoms with Crippen LogP contribution in [0.15, 0.2) is 12.2 Å². The predicted octanol–water partition coefficient (Wildman–Crippen LogP) is 3.48. The second-order valence-electron chi connectivity index (χ2n) is 8.84. The molecular weight excluding hydrogens is 551 g/mol. The molecule has 0 aromatic heterocycles. The highest BCUT2D eigenvalue weighted by atomic mass is 33.1. The third-order valence-corrected chi connectivity index (χ3v) is 14.3. The van der Waals surface area contributed by atoms with Gasteiger partial charge in [0.2, 0.25) is 5.91 Å². The van der Waals surface area contributed by atoms with E-state index in [1.54, 1.807) is 0 Å². The van der Waals surface area contributed by atoms with Crippen LogP contribution in [0.3, 0.4) is 0 Å². The van der Waals surface area contributed by atoms with E-state index in [-0.39, 0.29) is 34.5 Å². The number of Topliss-reactive ketones (excluding diaryl/α,β-unsaturated/α-hetero) is 1. The highest BCUT2D eigenvalue weighted by Crippen LogP contribution is 2.50. The van der Waals surface area contributed by atoms with Gasteiger partial charge in [0.25, 0.3) is 11.8 Å². The lowest BCUT2D eigenvalue weighted by atomic mass is 10.1. The number of ether oxygens (including phenoxy) is 1. The molecule has 1 saturated heterocycles. The monoisotopic (exact) mass is 579 g/mol. The topological polar surface area (TPSA) is 122 Å². The van der Waals surface area contributed by atoms with Crippen LogP contribution in [0, 0.1) is 0 Å². The van der Waals surface area contributed by atoms with Crippen LogP contribution in [-0.2, 0) is 23.9 Å². The van der Waals surface area contributed by atoms with Gasteiger partial charge in [0, 0.05) is 31.7 Å². The molecule has 9 nitrogen and oxygen atoms in total. The van der Waals surface area contributed by atoms with Gasteiger partial charge in [-0.15, -0.1) is 0 Å². The average Bonchev–Trinajstić information content (AvgIpc) is 3.02. The third kappa shape index (κ3) is 8.56. The zero-order chi connectivity index (χ0) is 25.6. The van der Waals surface area contributed by atoms with Crippen LogP contribution in [-0.4, -0.2) is 72.4 Å². The fourth-order valence-electron chi connectivity index (χ4n) is 3.20. The smallest absolute Gasteiger partial charge is 0.364 e. The minimum Gasteiger partial charge on any atom is -0.452 e. The molecule has 0 spiro atoms. The van der Waals surface area contributed by atoms with Gasteiger partial charge >= 0.3 is 5.30 Å². The lowest BCUT2D eigenvalue weighted by molar-refractivity contribution is -0.137. The number of nitrogens with zero attached hydrogens (tertiary/aromatic N) is 1. The predicted molar refractivity (Wildman–Crippen MR) is 147 cm³/mol. The van der Waals surface area contributed by atoms with Crippen molar-refractivity contribution in [2.24, 2.45) is 0 Å². The Morgan fingerprint density at radius 2 is 1.89 bits per heavy atom. The molecular formula is C21H29N3O6S5. The van der Waals surface area contributed by atoms with E-state index in [1.807, 2.05) is 20.8 Å². The summed E-state index contributed by atoms with van der Waals surface area (Å²) in [5.41, 5.74) is -0.577. The molecule has 0 aliphatic carbocycles. The van der Waals surface area contributed by atoms with Crippen LogP contribution in [0.2, 0.25) is 0 Å². The van der Waals surface area contributed by atoms with Crippen molar-refractivity contribution in [2.45, 2.75) is 62.7 Å². The molecule has 1 fully saturated rings. The summed E-state index contributed by atoms with van der Waals surface area (Å²) in [6, 6.07) is -0.392. The molecule has 194 valence electrons. The Balaban J connectivity index is 1.47. The van der Waals surface area contributed by atoms with Gasteiger partial charge in [0.05, 0.1) is 15.4 Å². The number of rotatable bonds is 8. The number of hydrogen-bond acceptors (Lipinski definition) is 11. The Bertz CT molecular complexity index is 930. The molecule has 3 aliphatic rings. The summed E-state index contributed by atoms with van der Waals surface area (Å²) in [5.74, 6) is -0.916. The number of ketones is 1. The molecule has 3 rings (SSSR count). The molecule has 3 unspecified atom stereocenters. The zero-order valence-corrected chi connectivity index (χ0v) is 23.8. The highest BCUT2D eigenvalue weighted by Gasteiger charge is 2.36. The number of nitrogens with one attached hydrogen (secondary N) is 2. The van der Waals surface area contributed by atoms with Crippen molar-refractivity contribution in [3.8, 4) is 0 Å². The number of hydrogen-bond donors (Lipinski definition) is 2. The molecule has 35 heavy (non-hydrogen) atoms. The number of imide groups is 1. The fourth-order valence-corrected chi connectivity index (χ4v) is 13.6. The summed E-state index contributed by atoms with van der Waals surface area (Å²) in [7, 11) is 5.22. The summed E-state index contributed by atoms with van der Waals surface area (Å²) >= 11 is 0. The van der Waals surface area contributed by atoms with Gasteiger partial charge in [-0.25, -0.2) is 4.79 Å². The molecule has 0 radical (unpaired) electrons. The van der Waals surface area contributed by atoms with Crippen LogP contribution < -0.4 is 10.6 Å². The van der Waals surface area contributed by atoms with Crippen molar-refractivity contribution in [1.29, 1.82) is 0 Å². The van der Waals surface area contributed by atoms with Crippen molar-refractivity contribution in [3.05, 3.63) is 12.2 Å². The summed E-state index contributed by atoms with van der Waals surface area (Å²) in [4.78, 5) is 62.0. The molecule has 14 heteroatoms. The number of carbonyl (C=O) groups is 5. The second-order valence-corrected chi connectivity index (χ2v) is 16.4. The van der Waals surface area contributed by atoms with E-state index >= 15 is 0 Å². The molecule has 3 atom stereocenters. The summed E-state index contributed by atoms with van der Waals surface area (Å²) in [6.45, 7) is 6.03. The molecule has 0 aromatic rings.